The molecule has 0 bridgehead atoms. The van der Waals surface area contributed by atoms with Crippen LogP contribution in [0.5, 0.6) is 11.5 Å². The Morgan fingerprint density at radius 3 is 2.03 bits per heavy atom. The number of rotatable bonds is 7. The van der Waals surface area contributed by atoms with Crippen LogP contribution in [0.15, 0.2) is 46.4 Å². The van der Waals surface area contributed by atoms with Gasteiger partial charge in [0.05, 0.1) is 34.6 Å². The summed E-state index contributed by atoms with van der Waals surface area (Å²) < 4.78 is 14.9. The van der Waals surface area contributed by atoms with Crippen molar-refractivity contribution in [3.8, 4) is 11.5 Å². The molecule has 0 aliphatic rings. The summed E-state index contributed by atoms with van der Waals surface area (Å²) in [6, 6.07) is 7.36. The summed E-state index contributed by atoms with van der Waals surface area (Å²) in [5.74, 6) is -1.83. The molecule has 2 aromatic rings. The minimum atomic E-state index is -0.889. The van der Waals surface area contributed by atoms with Crippen LogP contribution in [0.4, 0.5) is 11.4 Å². The zero-order valence-electron chi connectivity index (χ0n) is 15.5. The molecule has 0 fully saturated rings. The summed E-state index contributed by atoms with van der Waals surface area (Å²) in [7, 11) is 2.23. The van der Waals surface area contributed by atoms with Crippen LogP contribution in [0.3, 0.4) is 0 Å². The van der Waals surface area contributed by atoms with E-state index < -0.39 is 33.2 Å². The van der Waals surface area contributed by atoms with Crippen molar-refractivity contribution in [3.63, 3.8) is 0 Å². The molecule has 30 heavy (non-hydrogen) atoms. The third kappa shape index (κ3) is 5.17. The second-order valence-corrected chi connectivity index (χ2v) is 6.35. The molecule has 0 aromatic heterocycles. The molecule has 0 saturated carbocycles. The standard InChI is InChI=1S/C18H13BrN2O9/c1-28-17(22)12(18(23)29-2)7-10-3-5-15(13(19)8-10)30-16-6-4-11(20(24)25)9-14(16)21(26)27/h3-9H,1-2H3. The van der Waals surface area contributed by atoms with Crippen LogP contribution in [0.1, 0.15) is 5.56 Å². The molecule has 0 N–H and O–H groups in total. The number of halogens is 1. The van der Waals surface area contributed by atoms with Crippen LogP contribution in [0.2, 0.25) is 0 Å². The molecule has 0 amide bonds. The molecule has 156 valence electrons. The molecule has 2 aromatic carbocycles. The number of hydrogen-bond donors (Lipinski definition) is 0. The molecular weight excluding hydrogens is 468 g/mol. The summed E-state index contributed by atoms with van der Waals surface area (Å²) in [6.07, 6.45) is 1.24. The molecule has 0 unspecified atom stereocenters. The molecule has 0 spiro atoms. The first-order valence-corrected chi connectivity index (χ1v) is 8.75. The quantitative estimate of drug-likeness (QED) is 0.144. The molecule has 11 nitrogen and oxygen atoms in total. The topological polar surface area (TPSA) is 148 Å². The van der Waals surface area contributed by atoms with Crippen molar-refractivity contribution < 1.29 is 33.6 Å². The lowest BCUT2D eigenvalue weighted by molar-refractivity contribution is -0.394. The lowest BCUT2D eigenvalue weighted by Crippen LogP contribution is -2.15. The van der Waals surface area contributed by atoms with Gasteiger partial charge in [0.1, 0.15) is 11.3 Å². The third-order valence-electron chi connectivity index (χ3n) is 3.65. The largest absolute Gasteiger partial charge is 0.465 e. The van der Waals surface area contributed by atoms with E-state index in [4.69, 9.17) is 4.74 Å². The second-order valence-electron chi connectivity index (χ2n) is 5.50. The predicted octanol–water partition coefficient (Wildman–Crippen LogP) is 3.79. The van der Waals surface area contributed by atoms with E-state index in [1.54, 1.807) is 0 Å². The van der Waals surface area contributed by atoms with Gasteiger partial charge in [0.15, 0.2) is 0 Å². The Balaban J connectivity index is 2.40. The number of carbonyl (C=O) groups excluding carboxylic acids is 2. The number of nitro benzene ring substituents is 2. The monoisotopic (exact) mass is 480 g/mol. The van der Waals surface area contributed by atoms with Crippen LogP contribution in [0, 0.1) is 20.2 Å². The highest BCUT2D eigenvalue weighted by molar-refractivity contribution is 9.10. The van der Waals surface area contributed by atoms with Crippen molar-refractivity contribution in [1.82, 2.24) is 0 Å². The maximum Gasteiger partial charge on any atom is 0.345 e. The summed E-state index contributed by atoms with van der Waals surface area (Å²) in [5.41, 5.74) is -0.977. The number of benzene rings is 2. The highest BCUT2D eigenvalue weighted by Crippen LogP contribution is 2.37. The van der Waals surface area contributed by atoms with Gasteiger partial charge in [-0.3, -0.25) is 20.2 Å². The molecule has 0 aliphatic heterocycles. The molecule has 0 heterocycles. The van der Waals surface area contributed by atoms with Crippen LogP contribution in [-0.4, -0.2) is 36.0 Å². The SMILES string of the molecule is COC(=O)C(=Cc1ccc(Oc2ccc([N+](=O)[O-])cc2[N+](=O)[O-])c(Br)c1)C(=O)OC. The molecule has 0 saturated heterocycles. The average Bonchev–Trinajstić information content (AvgIpc) is 2.72. The van der Waals surface area contributed by atoms with E-state index in [9.17, 15) is 29.8 Å². The normalized spacial score (nSPS) is 9.97. The van der Waals surface area contributed by atoms with Gasteiger partial charge in [-0.05, 0) is 45.8 Å². The maximum atomic E-state index is 11.7. The lowest BCUT2D eigenvalue weighted by atomic mass is 10.1. The predicted molar refractivity (Wildman–Crippen MR) is 106 cm³/mol. The van der Waals surface area contributed by atoms with Crippen molar-refractivity contribution in [1.29, 1.82) is 0 Å². The summed E-state index contributed by atoms with van der Waals surface area (Å²) in [4.78, 5) is 44.0. The van der Waals surface area contributed by atoms with Gasteiger partial charge < -0.3 is 14.2 Å². The number of hydrogen-bond acceptors (Lipinski definition) is 9. The van der Waals surface area contributed by atoms with Crippen LogP contribution in [-0.2, 0) is 19.1 Å². The van der Waals surface area contributed by atoms with Crippen molar-refractivity contribution >= 4 is 45.3 Å². The Labute approximate surface area is 177 Å². The highest BCUT2D eigenvalue weighted by Gasteiger charge is 2.22. The van der Waals surface area contributed by atoms with Crippen molar-refractivity contribution in [2.75, 3.05) is 14.2 Å². The highest BCUT2D eigenvalue weighted by atomic mass is 79.9. The van der Waals surface area contributed by atoms with E-state index in [1.807, 2.05) is 0 Å². The van der Waals surface area contributed by atoms with Crippen molar-refractivity contribution in [2.24, 2.45) is 0 Å². The number of nitrogens with zero attached hydrogens (tertiary/aromatic N) is 2. The first-order chi connectivity index (χ1) is 14.2. The number of esters is 2. The molecule has 2 rings (SSSR count). The van der Waals surface area contributed by atoms with Gasteiger partial charge in [-0.2, -0.15) is 0 Å². The van der Waals surface area contributed by atoms with Gasteiger partial charge >= 0.3 is 17.6 Å². The van der Waals surface area contributed by atoms with Gasteiger partial charge in [0, 0.05) is 6.07 Å². The smallest absolute Gasteiger partial charge is 0.345 e. The van der Waals surface area contributed by atoms with Gasteiger partial charge in [-0.1, -0.05) is 6.07 Å². The Bertz CT molecular complexity index is 1050. The van der Waals surface area contributed by atoms with Crippen LogP contribution < -0.4 is 4.74 Å². The summed E-state index contributed by atoms with van der Waals surface area (Å²) in [5, 5.41) is 22.1. The van der Waals surface area contributed by atoms with Crippen LogP contribution in [0.25, 0.3) is 6.08 Å². The minimum Gasteiger partial charge on any atom is -0.465 e. The number of ether oxygens (including phenoxy) is 3. The first-order valence-electron chi connectivity index (χ1n) is 7.96. The first kappa shape index (κ1) is 22.5. The minimum absolute atomic E-state index is 0.154. The zero-order valence-corrected chi connectivity index (χ0v) is 17.1. The van der Waals surface area contributed by atoms with E-state index in [2.05, 4.69) is 25.4 Å². The summed E-state index contributed by atoms with van der Waals surface area (Å²) >= 11 is 3.24. The van der Waals surface area contributed by atoms with E-state index in [1.165, 1.54) is 24.3 Å². The number of non-ortho nitro benzene ring substituents is 1. The van der Waals surface area contributed by atoms with E-state index in [-0.39, 0.29) is 17.1 Å². The Hall–Kier alpha value is -3.80. The number of methoxy groups -OCH3 is 2. The summed E-state index contributed by atoms with van der Waals surface area (Å²) in [6.45, 7) is 0. The van der Waals surface area contributed by atoms with Crippen LogP contribution >= 0.6 is 15.9 Å². The fourth-order valence-corrected chi connectivity index (χ4v) is 2.72. The molecule has 0 aliphatic carbocycles. The number of carbonyl (C=O) groups is 2. The Kier molecular flexibility index (Phi) is 7.20. The fraction of sp³-hybridized carbons (Fsp3) is 0.111. The maximum absolute atomic E-state index is 11.7. The molecular formula is C18H13BrN2O9. The molecule has 0 atom stereocenters. The van der Waals surface area contributed by atoms with Crippen molar-refractivity contribution in [3.05, 3.63) is 72.2 Å². The average molecular weight is 481 g/mol. The second kappa shape index (κ2) is 9.60. The third-order valence-corrected chi connectivity index (χ3v) is 4.27. The van der Waals surface area contributed by atoms with Gasteiger partial charge in [-0.15, -0.1) is 0 Å². The van der Waals surface area contributed by atoms with E-state index in [0.717, 1.165) is 32.4 Å². The molecule has 12 heteroatoms. The Morgan fingerprint density at radius 2 is 1.53 bits per heavy atom. The zero-order chi connectivity index (χ0) is 22.4. The number of nitro groups is 2. The lowest BCUT2D eigenvalue weighted by Gasteiger charge is -2.09. The van der Waals surface area contributed by atoms with Crippen molar-refractivity contribution in [2.45, 2.75) is 0 Å². The van der Waals surface area contributed by atoms with E-state index >= 15 is 0 Å². The van der Waals surface area contributed by atoms with Gasteiger partial charge in [0.2, 0.25) is 5.75 Å². The van der Waals surface area contributed by atoms with E-state index in [0.29, 0.717) is 10.0 Å². The Morgan fingerprint density at radius 1 is 0.933 bits per heavy atom. The fourth-order valence-electron chi connectivity index (χ4n) is 2.24. The van der Waals surface area contributed by atoms with Gasteiger partial charge in [0.25, 0.3) is 5.69 Å². The van der Waals surface area contributed by atoms with Gasteiger partial charge in [-0.25, -0.2) is 9.59 Å². The molecule has 0 radical (unpaired) electrons.